The van der Waals surface area contributed by atoms with Gasteiger partial charge in [-0.15, -0.1) is 0 Å². The standard InChI is InChI=1S/C14H17N3OS/c1-10-8-13(17-14(16-10)19-3)15-9-11-4-6-12(18-2)7-5-11/h4-8H,9H2,1-3H3,(H,15,16,17). The fraction of sp³-hybridized carbons (Fsp3) is 0.286. The Labute approximate surface area is 117 Å². The summed E-state index contributed by atoms with van der Waals surface area (Å²) < 4.78 is 5.13. The van der Waals surface area contributed by atoms with Crippen molar-refractivity contribution in [3.63, 3.8) is 0 Å². The Bertz CT molecular complexity index is 543. The molecule has 2 aromatic rings. The van der Waals surface area contributed by atoms with Crippen LogP contribution in [-0.2, 0) is 6.54 Å². The van der Waals surface area contributed by atoms with Gasteiger partial charge >= 0.3 is 0 Å². The molecule has 0 unspecified atom stereocenters. The van der Waals surface area contributed by atoms with Crippen molar-refractivity contribution in [2.45, 2.75) is 18.6 Å². The summed E-state index contributed by atoms with van der Waals surface area (Å²) in [6.45, 7) is 2.70. The Morgan fingerprint density at radius 2 is 1.95 bits per heavy atom. The molecule has 0 radical (unpaired) electrons. The highest BCUT2D eigenvalue weighted by atomic mass is 32.2. The number of methoxy groups -OCH3 is 1. The first-order chi connectivity index (χ1) is 9.21. The van der Waals surface area contributed by atoms with Gasteiger partial charge in [0.2, 0.25) is 0 Å². The Hall–Kier alpha value is -1.75. The number of rotatable bonds is 5. The molecule has 0 aliphatic heterocycles. The molecule has 0 saturated carbocycles. The number of hydrogen-bond donors (Lipinski definition) is 1. The first-order valence-corrected chi connectivity index (χ1v) is 7.20. The Kier molecular flexibility index (Phi) is 4.63. The molecule has 0 aliphatic carbocycles. The molecule has 1 heterocycles. The molecule has 0 amide bonds. The number of benzene rings is 1. The van der Waals surface area contributed by atoms with Gasteiger partial charge in [-0.2, -0.15) is 0 Å². The van der Waals surface area contributed by atoms with Crippen molar-refractivity contribution in [2.75, 3.05) is 18.7 Å². The van der Waals surface area contributed by atoms with Crippen molar-refractivity contribution in [1.82, 2.24) is 9.97 Å². The molecule has 0 bridgehead atoms. The molecule has 0 atom stereocenters. The van der Waals surface area contributed by atoms with Gasteiger partial charge in [-0.1, -0.05) is 23.9 Å². The average Bonchev–Trinajstić information content (AvgIpc) is 2.45. The Morgan fingerprint density at radius 3 is 2.58 bits per heavy atom. The van der Waals surface area contributed by atoms with Crippen LogP contribution in [0.1, 0.15) is 11.3 Å². The van der Waals surface area contributed by atoms with Crippen LogP contribution in [0.4, 0.5) is 5.82 Å². The maximum absolute atomic E-state index is 5.13. The number of aromatic nitrogens is 2. The van der Waals surface area contributed by atoms with Crippen LogP contribution < -0.4 is 10.1 Å². The molecule has 2 rings (SSSR count). The minimum atomic E-state index is 0.730. The molecule has 19 heavy (non-hydrogen) atoms. The second-order valence-electron chi connectivity index (χ2n) is 4.08. The number of nitrogens with one attached hydrogen (secondary N) is 1. The van der Waals surface area contributed by atoms with Gasteiger partial charge in [-0.3, -0.25) is 0 Å². The summed E-state index contributed by atoms with van der Waals surface area (Å²) in [4.78, 5) is 8.74. The van der Waals surface area contributed by atoms with Gasteiger partial charge in [0, 0.05) is 18.3 Å². The highest BCUT2D eigenvalue weighted by Gasteiger charge is 2.01. The third-order valence-electron chi connectivity index (χ3n) is 2.65. The first-order valence-electron chi connectivity index (χ1n) is 5.97. The van der Waals surface area contributed by atoms with Crippen molar-refractivity contribution >= 4 is 17.6 Å². The monoisotopic (exact) mass is 275 g/mol. The van der Waals surface area contributed by atoms with Crippen LogP contribution in [-0.4, -0.2) is 23.3 Å². The maximum Gasteiger partial charge on any atom is 0.189 e. The van der Waals surface area contributed by atoms with E-state index in [0.717, 1.165) is 29.0 Å². The van der Waals surface area contributed by atoms with E-state index in [2.05, 4.69) is 15.3 Å². The smallest absolute Gasteiger partial charge is 0.189 e. The number of hydrogen-bond acceptors (Lipinski definition) is 5. The van der Waals surface area contributed by atoms with Crippen molar-refractivity contribution in [1.29, 1.82) is 0 Å². The molecule has 100 valence electrons. The van der Waals surface area contributed by atoms with E-state index in [-0.39, 0.29) is 0 Å². The summed E-state index contributed by atoms with van der Waals surface area (Å²) in [6, 6.07) is 9.93. The summed E-state index contributed by atoms with van der Waals surface area (Å²) in [6.07, 6.45) is 1.97. The van der Waals surface area contributed by atoms with Crippen LogP contribution in [0.2, 0.25) is 0 Å². The lowest BCUT2D eigenvalue weighted by Crippen LogP contribution is -2.03. The molecule has 0 saturated heterocycles. The molecule has 1 aromatic carbocycles. The Morgan fingerprint density at radius 1 is 1.21 bits per heavy atom. The zero-order valence-corrected chi connectivity index (χ0v) is 12.1. The van der Waals surface area contributed by atoms with E-state index in [1.54, 1.807) is 18.9 Å². The fourth-order valence-electron chi connectivity index (χ4n) is 1.66. The molecule has 1 N–H and O–H groups in total. The van der Waals surface area contributed by atoms with Crippen molar-refractivity contribution in [3.05, 3.63) is 41.6 Å². The lowest BCUT2D eigenvalue weighted by molar-refractivity contribution is 0.414. The zero-order valence-electron chi connectivity index (χ0n) is 11.3. The normalized spacial score (nSPS) is 10.3. The summed E-state index contributed by atoms with van der Waals surface area (Å²) in [7, 11) is 1.67. The van der Waals surface area contributed by atoms with Gasteiger partial charge < -0.3 is 10.1 Å². The average molecular weight is 275 g/mol. The third kappa shape index (κ3) is 3.86. The van der Waals surface area contributed by atoms with Gasteiger partial charge in [0.05, 0.1) is 7.11 Å². The summed E-state index contributed by atoms with van der Waals surface area (Å²) in [5.41, 5.74) is 2.15. The molecule has 0 aliphatic rings. The third-order valence-corrected chi connectivity index (χ3v) is 3.20. The van der Waals surface area contributed by atoms with Gasteiger partial charge in [-0.05, 0) is 30.9 Å². The van der Waals surface area contributed by atoms with E-state index >= 15 is 0 Å². The van der Waals surface area contributed by atoms with Crippen LogP contribution in [0.25, 0.3) is 0 Å². The number of anilines is 1. The van der Waals surface area contributed by atoms with Gasteiger partial charge in [0.25, 0.3) is 0 Å². The largest absolute Gasteiger partial charge is 0.497 e. The zero-order chi connectivity index (χ0) is 13.7. The number of ether oxygens (including phenoxy) is 1. The summed E-state index contributed by atoms with van der Waals surface area (Å²) in [5, 5.41) is 4.10. The van der Waals surface area contributed by atoms with Crippen LogP contribution >= 0.6 is 11.8 Å². The van der Waals surface area contributed by atoms with Gasteiger partial charge in [0.1, 0.15) is 11.6 Å². The van der Waals surface area contributed by atoms with E-state index in [1.807, 2.05) is 43.5 Å². The van der Waals surface area contributed by atoms with E-state index in [0.29, 0.717) is 0 Å². The van der Waals surface area contributed by atoms with Crippen LogP contribution in [0, 0.1) is 6.92 Å². The highest BCUT2D eigenvalue weighted by molar-refractivity contribution is 7.98. The number of thioether (sulfide) groups is 1. The Balaban J connectivity index is 2.03. The molecular weight excluding hydrogens is 258 g/mol. The number of nitrogens with zero attached hydrogens (tertiary/aromatic N) is 2. The number of aryl methyl sites for hydroxylation is 1. The SMILES string of the molecule is COc1ccc(CNc2cc(C)nc(SC)n2)cc1. The summed E-state index contributed by atoms with van der Waals surface area (Å²) in [5.74, 6) is 1.72. The predicted octanol–water partition coefficient (Wildman–Crippen LogP) is 3.13. The van der Waals surface area contributed by atoms with Crippen molar-refractivity contribution in [2.24, 2.45) is 0 Å². The van der Waals surface area contributed by atoms with Gasteiger partial charge in [-0.25, -0.2) is 9.97 Å². The molecule has 0 fully saturated rings. The van der Waals surface area contributed by atoms with Crippen LogP contribution in [0.15, 0.2) is 35.5 Å². The topological polar surface area (TPSA) is 47.0 Å². The molecule has 5 heteroatoms. The lowest BCUT2D eigenvalue weighted by Gasteiger charge is -2.08. The quantitative estimate of drug-likeness (QED) is 0.671. The summed E-state index contributed by atoms with van der Waals surface area (Å²) >= 11 is 1.54. The fourth-order valence-corrected chi connectivity index (χ4v) is 2.08. The minimum Gasteiger partial charge on any atom is -0.497 e. The second-order valence-corrected chi connectivity index (χ2v) is 4.86. The van der Waals surface area contributed by atoms with Crippen LogP contribution in [0.5, 0.6) is 5.75 Å². The molecule has 0 spiro atoms. The highest BCUT2D eigenvalue weighted by Crippen LogP contribution is 2.15. The maximum atomic E-state index is 5.13. The molecular formula is C14H17N3OS. The van der Waals surface area contributed by atoms with E-state index in [9.17, 15) is 0 Å². The van der Waals surface area contributed by atoms with E-state index in [4.69, 9.17) is 4.74 Å². The van der Waals surface area contributed by atoms with E-state index < -0.39 is 0 Å². The predicted molar refractivity (Wildman–Crippen MR) is 78.9 cm³/mol. The lowest BCUT2D eigenvalue weighted by atomic mass is 10.2. The van der Waals surface area contributed by atoms with Crippen molar-refractivity contribution < 1.29 is 4.74 Å². The molecule has 4 nitrogen and oxygen atoms in total. The van der Waals surface area contributed by atoms with E-state index in [1.165, 1.54) is 5.56 Å². The van der Waals surface area contributed by atoms with Crippen LogP contribution in [0.3, 0.4) is 0 Å². The second kappa shape index (κ2) is 6.43. The van der Waals surface area contributed by atoms with Crippen molar-refractivity contribution in [3.8, 4) is 5.75 Å². The minimum absolute atomic E-state index is 0.730. The van der Waals surface area contributed by atoms with Gasteiger partial charge in [0.15, 0.2) is 5.16 Å². The first kappa shape index (κ1) is 13.7. The molecule has 1 aromatic heterocycles.